The summed E-state index contributed by atoms with van der Waals surface area (Å²) in [6, 6.07) is 0. The second kappa shape index (κ2) is 19.6. The first-order chi connectivity index (χ1) is 8.41. The number of hydrogen-bond acceptors (Lipinski definition) is 0. The Morgan fingerprint density at radius 1 is 0.500 bits per heavy atom. The molecule has 0 spiro atoms. The van der Waals surface area contributed by atoms with Crippen LogP contribution in [-0.4, -0.2) is 13.1 Å². The van der Waals surface area contributed by atoms with Crippen LogP contribution in [0.25, 0.3) is 0 Å². The fraction of sp³-hybridized carbons (Fsp3) is 1.00. The van der Waals surface area contributed by atoms with Gasteiger partial charge in [-0.05, 0) is 25.7 Å². The van der Waals surface area contributed by atoms with Crippen LogP contribution in [-0.2, 0) is 0 Å². The fourth-order valence-electron chi connectivity index (χ4n) is 2.28. The van der Waals surface area contributed by atoms with E-state index >= 15 is 0 Å². The lowest BCUT2D eigenvalue weighted by molar-refractivity contribution is -0.655. The summed E-state index contributed by atoms with van der Waals surface area (Å²) in [5.41, 5.74) is 0. The van der Waals surface area contributed by atoms with Crippen molar-refractivity contribution in [1.29, 1.82) is 0 Å². The van der Waals surface area contributed by atoms with E-state index in [9.17, 15) is 0 Å². The van der Waals surface area contributed by atoms with Crippen LogP contribution in [0.2, 0.25) is 0 Å². The third-order valence-electron chi connectivity index (χ3n) is 3.52. The van der Waals surface area contributed by atoms with Crippen molar-refractivity contribution in [2.24, 2.45) is 0 Å². The lowest BCUT2D eigenvalue weighted by Gasteiger charge is -2.02. The molecule has 0 bridgehead atoms. The molecule has 0 saturated carbocycles. The zero-order valence-electron chi connectivity index (χ0n) is 12.9. The molecule has 1 nitrogen and oxygen atoms in total. The van der Waals surface area contributed by atoms with Gasteiger partial charge in [0.05, 0.1) is 13.1 Å². The first-order valence-corrected chi connectivity index (χ1v) is 8.23. The molecule has 2 N–H and O–H groups in total. The Balaban J connectivity index is 0. The van der Waals surface area contributed by atoms with Crippen molar-refractivity contribution in [3.05, 3.63) is 0 Å². The molecule has 112 valence electrons. The van der Waals surface area contributed by atoms with Crippen LogP contribution < -0.4 is 17.7 Å². The highest BCUT2D eigenvalue weighted by atomic mass is 35.5. The van der Waals surface area contributed by atoms with E-state index in [2.05, 4.69) is 19.2 Å². The van der Waals surface area contributed by atoms with Gasteiger partial charge in [0.1, 0.15) is 0 Å². The Kier molecular flexibility index (Phi) is 22.4. The normalized spacial score (nSPS) is 10.3. The van der Waals surface area contributed by atoms with Gasteiger partial charge in [-0.3, -0.25) is 0 Å². The minimum absolute atomic E-state index is 0. The maximum absolute atomic E-state index is 2.52. The van der Waals surface area contributed by atoms with Gasteiger partial charge in [0.2, 0.25) is 0 Å². The van der Waals surface area contributed by atoms with E-state index in [0.29, 0.717) is 0 Å². The van der Waals surface area contributed by atoms with E-state index in [1.807, 2.05) is 0 Å². The molecule has 0 atom stereocenters. The largest absolute Gasteiger partial charge is 1.00 e. The second-order valence-corrected chi connectivity index (χ2v) is 5.40. The monoisotopic (exact) mass is 277 g/mol. The Morgan fingerprint density at radius 2 is 0.833 bits per heavy atom. The highest BCUT2D eigenvalue weighted by Gasteiger charge is 1.94. The molecule has 0 heterocycles. The number of unbranched alkanes of at least 4 members (excludes halogenated alkanes) is 10. The van der Waals surface area contributed by atoms with Crippen LogP contribution in [0.3, 0.4) is 0 Å². The van der Waals surface area contributed by atoms with Crippen molar-refractivity contribution in [3.63, 3.8) is 0 Å². The second-order valence-electron chi connectivity index (χ2n) is 5.40. The average molecular weight is 278 g/mol. The molecule has 0 aromatic rings. The Labute approximate surface area is 122 Å². The van der Waals surface area contributed by atoms with Gasteiger partial charge in [-0.1, -0.05) is 65.2 Å². The summed E-state index contributed by atoms with van der Waals surface area (Å²) < 4.78 is 0. The van der Waals surface area contributed by atoms with Gasteiger partial charge >= 0.3 is 0 Å². The minimum atomic E-state index is 0. The summed E-state index contributed by atoms with van der Waals surface area (Å²) in [6.45, 7) is 7.29. The zero-order valence-corrected chi connectivity index (χ0v) is 13.6. The van der Waals surface area contributed by atoms with Gasteiger partial charge in [-0.2, -0.15) is 0 Å². The summed E-state index contributed by atoms with van der Waals surface area (Å²) in [7, 11) is 0. The first-order valence-electron chi connectivity index (χ1n) is 8.23. The molecule has 0 rings (SSSR count). The number of rotatable bonds is 14. The molecule has 18 heavy (non-hydrogen) atoms. The van der Waals surface area contributed by atoms with Gasteiger partial charge < -0.3 is 17.7 Å². The Bertz CT molecular complexity index is 114. The van der Waals surface area contributed by atoms with Crippen LogP contribution in [0.15, 0.2) is 0 Å². The topological polar surface area (TPSA) is 16.6 Å². The van der Waals surface area contributed by atoms with Crippen molar-refractivity contribution < 1.29 is 17.7 Å². The van der Waals surface area contributed by atoms with Gasteiger partial charge in [0, 0.05) is 0 Å². The number of halogens is 1. The van der Waals surface area contributed by atoms with Crippen molar-refractivity contribution in [2.45, 2.75) is 90.9 Å². The standard InChI is InChI=1S/C16H35N.ClH/c1-3-5-7-9-10-11-12-14-16-17-15-13-8-6-4-2;/h17H,3-16H2,1-2H3;1H. The molecule has 0 aliphatic carbocycles. The Morgan fingerprint density at radius 3 is 1.28 bits per heavy atom. The fourth-order valence-corrected chi connectivity index (χ4v) is 2.28. The van der Waals surface area contributed by atoms with Crippen molar-refractivity contribution in [3.8, 4) is 0 Å². The molecule has 0 saturated heterocycles. The minimum Gasteiger partial charge on any atom is -1.00 e. The van der Waals surface area contributed by atoms with E-state index in [4.69, 9.17) is 0 Å². The smallest absolute Gasteiger partial charge is 0.0755 e. The summed E-state index contributed by atoms with van der Waals surface area (Å²) in [4.78, 5) is 0. The molecule has 0 unspecified atom stereocenters. The summed E-state index contributed by atoms with van der Waals surface area (Å²) >= 11 is 0. The summed E-state index contributed by atoms with van der Waals surface area (Å²) in [6.07, 6.45) is 17.2. The van der Waals surface area contributed by atoms with Crippen molar-refractivity contribution >= 4 is 0 Å². The predicted molar refractivity (Wildman–Crippen MR) is 78.4 cm³/mol. The van der Waals surface area contributed by atoms with E-state index in [1.54, 1.807) is 0 Å². The van der Waals surface area contributed by atoms with E-state index in [-0.39, 0.29) is 12.4 Å². The molecular formula is C16H36ClN. The van der Waals surface area contributed by atoms with Gasteiger partial charge in [0.25, 0.3) is 0 Å². The van der Waals surface area contributed by atoms with Crippen molar-refractivity contribution in [2.75, 3.05) is 13.1 Å². The lowest BCUT2D eigenvalue weighted by atomic mass is 10.1. The van der Waals surface area contributed by atoms with E-state index in [0.717, 1.165) is 0 Å². The van der Waals surface area contributed by atoms with Gasteiger partial charge in [0.15, 0.2) is 0 Å². The lowest BCUT2D eigenvalue weighted by Crippen LogP contribution is -3.00. The van der Waals surface area contributed by atoms with Gasteiger partial charge in [-0.25, -0.2) is 0 Å². The van der Waals surface area contributed by atoms with Crippen LogP contribution in [0, 0.1) is 0 Å². The third-order valence-corrected chi connectivity index (χ3v) is 3.52. The number of quaternary nitrogens is 1. The Hall–Kier alpha value is 0.250. The summed E-state index contributed by atoms with van der Waals surface area (Å²) in [5, 5.41) is 2.52. The van der Waals surface area contributed by atoms with E-state index in [1.165, 1.54) is 90.1 Å². The first kappa shape index (κ1) is 20.6. The molecular weight excluding hydrogens is 242 g/mol. The molecule has 0 aliphatic heterocycles. The predicted octanol–water partition coefficient (Wildman–Crippen LogP) is 1.27. The molecule has 0 aromatic carbocycles. The maximum Gasteiger partial charge on any atom is 0.0755 e. The SMILES string of the molecule is CCCCCCCCCC[NH2+]CCCCCC.[Cl-]. The highest BCUT2D eigenvalue weighted by molar-refractivity contribution is 4.45. The molecule has 2 heteroatoms. The van der Waals surface area contributed by atoms with Crippen LogP contribution >= 0.6 is 0 Å². The number of nitrogens with two attached hydrogens (primary N) is 1. The molecule has 0 fully saturated rings. The van der Waals surface area contributed by atoms with Crippen LogP contribution in [0.5, 0.6) is 0 Å². The molecule has 0 radical (unpaired) electrons. The molecule has 0 aromatic heterocycles. The third kappa shape index (κ3) is 18.6. The van der Waals surface area contributed by atoms with E-state index < -0.39 is 0 Å². The van der Waals surface area contributed by atoms with Gasteiger partial charge in [-0.15, -0.1) is 0 Å². The molecule has 0 aliphatic rings. The maximum atomic E-state index is 2.52. The number of hydrogen-bond donors (Lipinski definition) is 1. The average Bonchev–Trinajstić information content (AvgIpc) is 2.35. The summed E-state index contributed by atoms with van der Waals surface area (Å²) in [5.74, 6) is 0. The van der Waals surface area contributed by atoms with Crippen LogP contribution in [0.1, 0.15) is 90.9 Å². The quantitative estimate of drug-likeness (QED) is 0.461. The van der Waals surface area contributed by atoms with Crippen LogP contribution in [0.4, 0.5) is 0 Å². The van der Waals surface area contributed by atoms with Crippen molar-refractivity contribution in [1.82, 2.24) is 0 Å². The zero-order chi connectivity index (χ0) is 12.6. The highest BCUT2D eigenvalue weighted by Crippen LogP contribution is 2.07. The molecule has 0 amide bonds.